The van der Waals surface area contributed by atoms with Gasteiger partial charge in [-0.3, -0.25) is 9.20 Å². The fourth-order valence-corrected chi connectivity index (χ4v) is 3.09. The summed E-state index contributed by atoms with van der Waals surface area (Å²) >= 11 is 3.35. The van der Waals surface area contributed by atoms with Crippen LogP contribution in [0.4, 0.5) is 4.39 Å². The third-order valence-electron chi connectivity index (χ3n) is 3.88. The van der Waals surface area contributed by atoms with E-state index in [1.165, 1.54) is 23.6 Å². The lowest BCUT2D eigenvalue weighted by Crippen LogP contribution is -3.06. The molecule has 3 rings (SSSR count). The van der Waals surface area contributed by atoms with Crippen molar-refractivity contribution >= 4 is 21.6 Å². The Bertz CT molecular complexity index is 974. The van der Waals surface area contributed by atoms with E-state index >= 15 is 0 Å². The first-order chi connectivity index (χ1) is 12.0. The zero-order valence-electron chi connectivity index (χ0n) is 13.9. The molecule has 2 aromatic heterocycles. The highest BCUT2D eigenvalue weighted by atomic mass is 79.9. The van der Waals surface area contributed by atoms with E-state index in [1.807, 2.05) is 19.2 Å². The summed E-state index contributed by atoms with van der Waals surface area (Å²) < 4.78 is 21.0. The number of ether oxygens (including phenoxy) is 1. The lowest BCUT2D eigenvalue weighted by atomic mass is 10.2. The summed E-state index contributed by atoms with van der Waals surface area (Å²) in [4.78, 5) is 17.9. The summed E-state index contributed by atoms with van der Waals surface area (Å²) in [5.74, 6) is -0.141. The Balaban J connectivity index is 1.77. The Morgan fingerprint density at radius 1 is 1.24 bits per heavy atom. The number of nitrogens with one attached hydrogen (secondary N) is 1. The molecule has 5 nitrogen and oxygen atoms in total. The minimum absolute atomic E-state index is 0.121. The van der Waals surface area contributed by atoms with Crippen LogP contribution in [0.1, 0.15) is 11.3 Å². The third kappa shape index (κ3) is 4.05. The second kappa shape index (κ2) is 7.33. The number of hydrogen-bond acceptors (Lipinski definition) is 3. The van der Waals surface area contributed by atoms with E-state index in [4.69, 9.17) is 4.74 Å². The quantitative estimate of drug-likeness (QED) is 0.702. The van der Waals surface area contributed by atoms with Gasteiger partial charge in [-0.25, -0.2) is 9.37 Å². The van der Waals surface area contributed by atoms with Gasteiger partial charge in [-0.05, 0) is 46.3 Å². The van der Waals surface area contributed by atoms with Gasteiger partial charge in [-0.1, -0.05) is 0 Å². The van der Waals surface area contributed by atoms with Crippen LogP contribution in [0.25, 0.3) is 5.65 Å². The molecule has 3 aromatic rings. The van der Waals surface area contributed by atoms with Crippen LogP contribution < -0.4 is 15.2 Å². The van der Waals surface area contributed by atoms with Gasteiger partial charge in [-0.15, -0.1) is 0 Å². The first-order valence-electron chi connectivity index (χ1n) is 7.78. The molecule has 25 heavy (non-hydrogen) atoms. The Labute approximate surface area is 152 Å². The van der Waals surface area contributed by atoms with E-state index in [9.17, 15) is 9.18 Å². The molecule has 0 saturated heterocycles. The molecule has 0 aliphatic rings. The molecule has 0 amide bonds. The van der Waals surface area contributed by atoms with Crippen molar-refractivity contribution in [2.75, 3.05) is 14.2 Å². The van der Waals surface area contributed by atoms with Crippen molar-refractivity contribution in [1.29, 1.82) is 0 Å². The summed E-state index contributed by atoms with van der Waals surface area (Å²) in [6, 6.07) is 10.1. The lowest BCUT2D eigenvalue weighted by Gasteiger charge is -2.14. The topological polar surface area (TPSA) is 48.0 Å². The van der Waals surface area contributed by atoms with Crippen molar-refractivity contribution in [3.8, 4) is 5.75 Å². The summed E-state index contributed by atoms with van der Waals surface area (Å²) in [6.07, 6.45) is 1.70. The fourth-order valence-electron chi connectivity index (χ4n) is 2.76. The van der Waals surface area contributed by atoms with Crippen molar-refractivity contribution in [3.05, 3.63) is 74.5 Å². The van der Waals surface area contributed by atoms with E-state index in [2.05, 4.69) is 20.9 Å². The number of benzene rings is 1. The Morgan fingerprint density at radius 2 is 2.04 bits per heavy atom. The molecular formula is C18H18BrFN3O2+. The molecule has 1 atom stereocenters. The van der Waals surface area contributed by atoms with Crippen molar-refractivity contribution in [1.82, 2.24) is 9.38 Å². The van der Waals surface area contributed by atoms with Crippen LogP contribution in [0, 0.1) is 5.82 Å². The molecule has 0 spiro atoms. The molecule has 0 fully saturated rings. The third-order valence-corrected chi connectivity index (χ3v) is 4.35. The molecule has 1 unspecified atom stereocenters. The summed E-state index contributed by atoms with van der Waals surface area (Å²) in [6.45, 7) is 1.18. The highest BCUT2D eigenvalue weighted by molar-refractivity contribution is 9.10. The molecule has 1 N–H and O–H groups in total. The average molecular weight is 407 g/mol. The van der Waals surface area contributed by atoms with Crippen LogP contribution in [0.2, 0.25) is 0 Å². The predicted molar refractivity (Wildman–Crippen MR) is 96.4 cm³/mol. The lowest BCUT2D eigenvalue weighted by molar-refractivity contribution is -0.908. The Morgan fingerprint density at radius 3 is 2.76 bits per heavy atom. The van der Waals surface area contributed by atoms with Crippen LogP contribution in [-0.4, -0.2) is 23.5 Å². The molecule has 2 heterocycles. The number of pyridine rings is 1. The molecule has 0 saturated carbocycles. The van der Waals surface area contributed by atoms with Gasteiger partial charge in [0.05, 0.1) is 14.2 Å². The van der Waals surface area contributed by atoms with Crippen LogP contribution in [0.5, 0.6) is 5.75 Å². The summed E-state index contributed by atoms with van der Waals surface area (Å²) in [5, 5.41) is 0. The maximum absolute atomic E-state index is 13.8. The number of aromatic nitrogens is 2. The van der Waals surface area contributed by atoms with E-state index in [0.717, 1.165) is 14.9 Å². The zero-order valence-corrected chi connectivity index (χ0v) is 15.5. The minimum Gasteiger partial charge on any atom is -0.494 e. The number of nitrogens with zero attached hydrogens (tertiary/aromatic N) is 2. The van der Waals surface area contributed by atoms with E-state index in [0.29, 0.717) is 24.4 Å². The van der Waals surface area contributed by atoms with Gasteiger partial charge < -0.3 is 9.64 Å². The molecule has 0 aliphatic carbocycles. The Kier molecular flexibility index (Phi) is 5.15. The standard InChI is InChI=1S/C18H17BrFN3O2/c1-22(9-12-3-5-16(25-2)15(20)7-12)11-14-8-18(24)23-10-13(19)4-6-17(23)21-14/h3-8,10H,9,11H2,1-2H3/p+1. The van der Waals surface area contributed by atoms with Gasteiger partial charge in [-0.2, -0.15) is 0 Å². The zero-order chi connectivity index (χ0) is 18.0. The minimum atomic E-state index is -0.375. The van der Waals surface area contributed by atoms with E-state index in [-0.39, 0.29) is 17.1 Å². The van der Waals surface area contributed by atoms with Gasteiger partial charge in [0.2, 0.25) is 0 Å². The molecule has 7 heteroatoms. The predicted octanol–water partition coefficient (Wildman–Crippen LogP) is 1.82. The van der Waals surface area contributed by atoms with Gasteiger partial charge in [0, 0.05) is 22.3 Å². The first kappa shape index (κ1) is 17.6. The molecular weight excluding hydrogens is 389 g/mol. The number of fused-ring (bicyclic) bond motifs is 1. The van der Waals surface area contributed by atoms with Gasteiger partial charge in [0.1, 0.15) is 24.4 Å². The second-order valence-corrected chi connectivity index (χ2v) is 6.86. The number of hydrogen-bond donors (Lipinski definition) is 1. The van der Waals surface area contributed by atoms with Gasteiger partial charge in [0.15, 0.2) is 11.6 Å². The molecule has 0 aliphatic heterocycles. The maximum atomic E-state index is 13.8. The van der Waals surface area contributed by atoms with E-state index < -0.39 is 0 Å². The summed E-state index contributed by atoms with van der Waals surface area (Å²) in [7, 11) is 3.42. The smallest absolute Gasteiger partial charge is 0.258 e. The van der Waals surface area contributed by atoms with Crippen molar-refractivity contribution in [2.45, 2.75) is 13.1 Å². The highest BCUT2D eigenvalue weighted by Gasteiger charge is 2.11. The summed E-state index contributed by atoms with van der Waals surface area (Å²) in [5.41, 5.74) is 2.05. The van der Waals surface area contributed by atoms with Crippen molar-refractivity contribution in [2.24, 2.45) is 0 Å². The number of halogens is 2. The highest BCUT2D eigenvalue weighted by Crippen LogP contribution is 2.17. The Hall–Kier alpha value is -2.25. The van der Waals surface area contributed by atoms with E-state index in [1.54, 1.807) is 18.3 Å². The van der Waals surface area contributed by atoms with Crippen LogP contribution >= 0.6 is 15.9 Å². The van der Waals surface area contributed by atoms with Crippen LogP contribution in [0.3, 0.4) is 0 Å². The SMILES string of the molecule is COc1ccc(C[NH+](C)Cc2cc(=O)n3cc(Br)ccc3n2)cc1F. The number of methoxy groups -OCH3 is 1. The number of quaternary nitrogens is 1. The van der Waals surface area contributed by atoms with Crippen molar-refractivity contribution < 1.29 is 14.0 Å². The first-order valence-corrected chi connectivity index (χ1v) is 8.57. The normalized spacial score (nSPS) is 12.3. The molecule has 0 radical (unpaired) electrons. The van der Waals surface area contributed by atoms with Gasteiger partial charge in [0.25, 0.3) is 5.56 Å². The van der Waals surface area contributed by atoms with Gasteiger partial charge >= 0.3 is 0 Å². The number of rotatable bonds is 5. The molecule has 1 aromatic carbocycles. The van der Waals surface area contributed by atoms with Crippen molar-refractivity contribution in [3.63, 3.8) is 0 Å². The second-order valence-electron chi connectivity index (χ2n) is 5.94. The fraction of sp³-hybridized carbons (Fsp3) is 0.222. The largest absolute Gasteiger partial charge is 0.494 e. The van der Waals surface area contributed by atoms with Crippen LogP contribution in [-0.2, 0) is 13.1 Å². The van der Waals surface area contributed by atoms with Crippen LogP contribution in [0.15, 0.2) is 51.9 Å². The molecule has 130 valence electrons. The molecule has 0 bridgehead atoms. The monoisotopic (exact) mass is 406 g/mol. The average Bonchev–Trinajstić information content (AvgIpc) is 2.56. The maximum Gasteiger partial charge on any atom is 0.258 e.